The average molecular weight is 884 g/mol. The summed E-state index contributed by atoms with van der Waals surface area (Å²) in [6.45, 7) is 30.7. The standard InChI is InChI=1S/C62H106O2/c1-13-15-23-44-39-61(11)45(25-27-47-52-31-29-50(42(7)21-17-19-40(3)4)59(52,9)35-33-54(47)61)38-57(44)64-58-49(24-16-14-2)56(63)37-46-26-28-48-53-32-30-51(43(8)22-18-20-41(5)6)60(53,10)36-34-55(48)62(46,58)12/h25-26,40-44,47-58,63H,13-24,27-39H2,1-12H3/t42-,43-,44?,47+,48+,49?,50-,51-,52+,53+,54+,55+,56-,57-,58?,59-,60-,61+,62+/m1/s1. The topological polar surface area (TPSA) is 29.5 Å². The number of hydrogen-bond acceptors (Lipinski definition) is 2. The highest BCUT2D eigenvalue weighted by molar-refractivity contribution is 5.31. The molecule has 6 saturated carbocycles. The molecule has 1 N–H and O–H groups in total. The lowest BCUT2D eigenvalue weighted by atomic mass is 9.45. The molecule has 0 aromatic rings. The summed E-state index contributed by atoms with van der Waals surface area (Å²) in [6.07, 6.45) is 39.1. The van der Waals surface area contributed by atoms with Gasteiger partial charge in [-0.05, 0) is 189 Å². The summed E-state index contributed by atoms with van der Waals surface area (Å²) in [4.78, 5) is 0. The first-order valence-electron chi connectivity index (χ1n) is 29.2. The van der Waals surface area contributed by atoms with Crippen LogP contribution in [-0.4, -0.2) is 23.4 Å². The van der Waals surface area contributed by atoms with Gasteiger partial charge in [0.1, 0.15) is 0 Å². The first-order valence-corrected chi connectivity index (χ1v) is 29.2. The molecule has 366 valence electrons. The smallest absolute Gasteiger partial charge is 0.0725 e. The molecular weight excluding hydrogens is 777 g/mol. The van der Waals surface area contributed by atoms with E-state index < -0.39 is 0 Å². The van der Waals surface area contributed by atoms with Gasteiger partial charge in [0.2, 0.25) is 0 Å². The maximum absolute atomic E-state index is 12.3. The van der Waals surface area contributed by atoms with E-state index in [1.165, 1.54) is 141 Å². The predicted octanol–water partition coefficient (Wildman–Crippen LogP) is 17.6. The Labute approximate surface area is 397 Å². The van der Waals surface area contributed by atoms with Gasteiger partial charge in [-0.1, -0.05) is 171 Å². The van der Waals surface area contributed by atoms with Crippen LogP contribution < -0.4 is 0 Å². The molecule has 0 aromatic carbocycles. The molecule has 3 unspecified atom stereocenters. The molecule has 0 aromatic heterocycles. The van der Waals surface area contributed by atoms with Crippen molar-refractivity contribution in [2.75, 3.05) is 0 Å². The highest BCUT2D eigenvalue weighted by atomic mass is 16.5. The van der Waals surface area contributed by atoms with E-state index in [-0.39, 0.29) is 29.6 Å². The first-order chi connectivity index (χ1) is 30.5. The van der Waals surface area contributed by atoms with Gasteiger partial charge < -0.3 is 9.84 Å². The van der Waals surface area contributed by atoms with Gasteiger partial charge in [-0.15, -0.1) is 0 Å². The van der Waals surface area contributed by atoms with Gasteiger partial charge >= 0.3 is 0 Å². The monoisotopic (exact) mass is 883 g/mol. The number of aliphatic hydroxyl groups is 1. The maximum Gasteiger partial charge on any atom is 0.0725 e. The van der Waals surface area contributed by atoms with Crippen molar-refractivity contribution < 1.29 is 9.84 Å². The van der Waals surface area contributed by atoms with E-state index in [9.17, 15) is 5.11 Å². The molecule has 0 spiro atoms. The lowest BCUT2D eigenvalue weighted by Crippen LogP contribution is -2.61. The zero-order valence-electron chi connectivity index (χ0n) is 44.5. The quantitative estimate of drug-likeness (QED) is 0.139. The van der Waals surface area contributed by atoms with E-state index in [0.29, 0.717) is 28.1 Å². The first kappa shape index (κ1) is 49.8. The van der Waals surface area contributed by atoms with Crippen molar-refractivity contribution >= 4 is 0 Å². The number of unbranched alkanes of at least 4 members (excludes halogenated alkanes) is 2. The SMILES string of the molecule is CCCCC1C(O[C@@H]2CC3=CC[C@H]4[C@@H]5CC[C@H]([C@H](C)CCCC(C)C)[C@@]5(C)CC[C@@H]4[C@@]3(C)CC2CCCC)[C@@]2(C)C(=CC[C@H]3[C@@H]4CC[C@H]([C@H](C)CCCC(C)C)[C@@]4(C)CC[C@@H]32)C[C@H]1O. The van der Waals surface area contributed by atoms with E-state index in [4.69, 9.17) is 4.74 Å². The molecule has 0 aliphatic heterocycles. The van der Waals surface area contributed by atoms with Gasteiger partial charge in [-0.25, -0.2) is 0 Å². The van der Waals surface area contributed by atoms with Gasteiger partial charge in [0.05, 0.1) is 18.3 Å². The third-order valence-corrected chi connectivity index (χ3v) is 23.2. The van der Waals surface area contributed by atoms with Gasteiger partial charge in [0.15, 0.2) is 0 Å². The minimum absolute atomic E-state index is 0.0315. The molecule has 0 amide bonds. The highest BCUT2D eigenvalue weighted by Crippen LogP contribution is 2.71. The van der Waals surface area contributed by atoms with Gasteiger partial charge in [0, 0.05) is 11.3 Å². The van der Waals surface area contributed by atoms with Crippen LogP contribution in [0.15, 0.2) is 23.3 Å². The van der Waals surface area contributed by atoms with Crippen molar-refractivity contribution in [2.45, 2.75) is 262 Å². The lowest BCUT2D eigenvalue weighted by Gasteiger charge is -2.63. The molecule has 0 bridgehead atoms. The van der Waals surface area contributed by atoms with Crippen LogP contribution in [0.5, 0.6) is 0 Å². The third kappa shape index (κ3) is 8.93. The van der Waals surface area contributed by atoms with Crippen molar-refractivity contribution in [3.8, 4) is 0 Å². The second-order valence-electron chi connectivity index (χ2n) is 27.4. The van der Waals surface area contributed by atoms with Gasteiger partial charge in [-0.3, -0.25) is 0 Å². The fourth-order valence-corrected chi connectivity index (χ4v) is 19.8. The van der Waals surface area contributed by atoms with E-state index in [1.807, 2.05) is 0 Å². The number of ether oxygens (including phenoxy) is 1. The molecule has 8 aliphatic carbocycles. The van der Waals surface area contributed by atoms with Crippen LogP contribution >= 0.6 is 0 Å². The Balaban J connectivity index is 1.05. The Morgan fingerprint density at radius 3 is 1.70 bits per heavy atom. The fourth-order valence-electron chi connectivity index (χ4n) is 19.8. The molecule has 8 rings (SSSR count). The van der Waals surface area contributed by atoms with E-state index in [0.717, 1.165) is 84.4 Å². The molecule has 64 heavy (non-hydrogen) atoms. The summed E-state index contributed by atoms with van der Waals surface area (Å²) in [7, 11) is 0. The highest BCUT2D eigenvalue weighted by Gasteiger charge is 2.64. The fraction of sp³-hybridized carbons (Fsp3) is 0.935. The van der Waals surface area contributed by atoms with Crippen LogP contribution in [0.2, 0.25) is 0 Å². The van der Waals surface area contributed by atoms with Crippen molar-refractivity contribution in [2.24, 2.45) is 105 Å². The average Bonchev–Trinajstić information content (AvgIpc) is 3.80. The molecule has 6 fully saturated rings. The second kappa shape index (κ2) is 20.0. The zero-order chi connectivity index (χ0) is 45.8. The van der Waals surface area contributed by atoms with E-state index in [2.05, 4.69) is 95.2 Å². The van der Waals surface area contributed by atoms with Crippen LogP contribution in [0, 0.1) is 105 Å². The van der Waals surface area contributed by atoms with E-state index in [1.54, 1.807) is 11.1 Å². The Morgan fingerprint density at radius 1 is 0.609 bits per heavy atom. The Hall–Kier alpha value is -0.600. The molecular formula is C62H106O2. The normalized spacial score (nSPS) is 46.0. The molecule has 8 aliphatic rings. The minimum atomic E-state index is -0.272. The van der Waals surface area contributed by atoms with Crippen LogP contribution in [0.25, 0.3) is 0 Å². The summed E-state index contributed by atoms with van der Waals surface area (Å²) in [5.41, 5.74) is 4.77. The van der Waals surface area contributed by atoms with Gasteiger partial charge in [-0.2, -0.15) is 0 Å². The summed E-state index contributed by atoms with van der Waals surface area (Å²) in [5.74, 6) is 11.0. The number of aliphatic hydroxyl groups excluding tert-OH is 1. The van der Waals surface area contributed by atoms with Crippen LogP contribution in [0.4, 0.5) is 0 Å². The summed E-state index contributed by atoms with van der Waals surface area (Å²) in [5, 5.41) is 12.3. The van der Waals surface area contributed by atoms with Crippen molar-refractivity contribution in [3.05, 3.63) is 23.3 Å². The number of rotatable bonds is 18. The minimum Gasteiger partial charge on any atom is -0.392 e. The predicted molar refractivity (Wildman–Crippen MR) is 273 cm³/mol. The van der Waals surface area contributed by atoms with Crippen LogP contribution in [0.1, 0.15) is 244 Å². The Bertz CT molecular complexity index is 1600. The number of hydrogen-bond donors (Lipinski definition) is 1. The van der Waals surface area contributed by atoms with Crippen molar-refractivity contribution in [1.82, 2.24) is 0 Å². The Kier molecular flexibility index (Phi) is 15.6. The van der Waals surface area contributed by atoms with Crippen molar-refractivity contribution in [1.29, 1.82) is 0 Å². The number of allylic oxidation sites excluding steroid dienone is 2. The third-order valence-electron chi connectivity index (χ3n) is 23.2. The molecule has 19 atom stereocenters. The van der Waals surface area contributed by atoms with Crippen LogP contribution in [-0.2, 0) is 4.74 Å². The summed E-state index contributed by atoms with van der Waals surface area (Å²) in [6, 6.07) is 0. The van der Waals surface area contributed by atoms with Crippen molar-refractivity contribution in [3.63, 3.8) is 0 Å². The molecule has 0 radical (unpaired) electrons. The maximum atomic E-state index is 12.3. The molecule has 0 heterocycles. The van der Waals surface area contributed by atoms with Crippen LogP contribution in [0.3, 0.4) is 0 Å². The summed E-state index contributed by atoms with van der Waals surface area (Å²) < 4.78 is 8.16. The molecule has 2 nitrogen and oxygen atoms in total. The number of fused-ring (bicyclic) bond motifs is 10. The van der Waals surface area contributed by atoms with Gasteiger partial charge in [0.25, 0.3) is 0 Å². The lowest BCUT2D eigenvalue weighted by molar-refractivity contribution is -0.195. The Morgan fingerprint density at radius 2 is 1.14 bits per heavy atom. The molecule has 2 heteroatoms. The summed E-state index contributed by atoms with van der Waals surface area (Å²) >= 11 is 0. The largest absolute Gasteiger partial charge is 0.392 e. The zero-order valence-corrected chi connectivity index (χ0v) is 44.5. The molecule has 0 saturated heterocycles. The second-order valence-corrected chi connectivity index (χ2v) is 27.4. The van der Waals surface area contributed by atoms with E-state index >= 15 is 0 Å².